The molecular formula is C8H10N4O4. The van der Waals surface area contributed by atoms with Gasteiger partial charge in [-0.2, -0.15) is 0 Å². The van der Waals surface area contributed by atoms with Gasteiger partial charge in [0.25, 0.3) is 5.56 Å². The molecule has 0 aromatic carbocycles. The fourth-order valence-corrected chi connectivity index (χ4v) is 1.08. The molecule has 86 valence electrons. The number of hydrogen-bond acceptors (Lipinski definition) is 4. The van der Waals surface area contributed by atoms with Crippen molar-refractivity contribution in [2.24, 2.45) is 7.05 Å². The number of H-pyrrole nitrogens is 1. The van der Waals surface area contributed by atoms with Crippen LogP contribution >= 0.6 is 0 Å². The Morgan fingerprint density at radius 1 is 1.44 bits per heavy atom. The Morgan fingerprint density at radius 2 is 2.06 bits per heavy atom. The summed E-state index contributed by atoms with van der Waals surface area (Å²) in [5.74, 6) is -0.628. The Kier molecular flexibility index (Phi) is 3.24. The van der Waals surface area contributed by atoms with Gasteiger partial charge in [0.15, 0.2) is 0 Å². The van der Waals surface area contributed by atoms with Crippen LogP contribution in [0.4, 0.5) is 11.5 Å². The van der Waals surface area contributed by atoms with E-state index in [4.69, 9.17) is 0 Å². The molecule has 0 aliphatic carbocycles. The number of nitrogens with zero attached hydrogens (tertiary/aromatic N) is 1. The Bertz CT molecular complexity index is 542. The highest BCUT2D eigenvalue weighted by Gasteiger charge is 2.12. The molecule has 1 rings (SSSR count). The van der Waals surface area contributed by atoms with E-state index in [1.54, 1.807) is 0 Å². The number of carbonyl (C=O) groups is 2. The number of aromatic amines is 1. The first-order valence-corrected chi connectivity index (χ1v) is 4.28. The first-order valence-electron chi connectivity index (χ1n) is 4.28. The van der Waals surface area contributed by atoms with E-state index in [1.807, 2.05) is 0 Å². The predicted molar refractivity (Wildman–Crippen MR) is 56.3 cm³/mol. The SMILES string of the molecule is CC(=O)Nc1c(NC=O)[nH]c(=O)n(C)c1=O. The van der Waals surface area contributed by atoms with E-state index in [1.165, 1.54) is 14.0 Å². The molecule has 0 atom stereocenters. The van der Waals surface area contributed by atoms with Crippen LogP contribution < -0.4 is 21.9 Å². The summed E-state index contributed by atoms with van der Waals surface area (Å²) in [5.41, 5.74) is -1.58. The molecule has 0 bridgehead atoms. The molecule has 1 aromatic heterocycles. The maximum atomic E-state index is 11.6. The lowest BCUT2D eigenvalue weighted by atomic mass is 10.4. The Morgan fingerprint density at radius 3 is 2.56 bits per heavy atom. The van der Waals surface area contributed by atoms with E-state index in [2.05, 4.69) is 15.6 Å². The highest BCUT2D eigenvalue weighted by molar-refractivity contribution is 5.93. The van der Waals surface area contributed by atoms with Crippen LogP contribution in [0, 0.1) is 0 Å². The van der Waals surface area contributed by atoms with Gasteiger partial charge >= 0.3 is 5.69 Å². The molecule has 3 N–H and O–H groups in total. The smallest absolute Gasteiger partial charge is 0.319 e. The fraction of sp³-hybridized carbons (Fsp3) is 0.250. The molecule has 0 radical (unpaired) electrons. The topological polar surface area (TPSA) is 113 Å². The van der Waals surface area contributed by atoms with Crippen molar-refractivity contribution in [1.29, 1.82) is 0 Å². The van der Waals surface area contributed by atoms with Crippen LogP contribution in [0.5, 0.6) is 0 Å². The molecule has 8 heteroatoms. The summed E-state index contributed by atoms with van der Waals surface area (Å²) in [5, 5.41) is 4.36. The van der Waals surface area contributed by atoms with E-state index in [9.17, 15) is 19.2 Å². The third-order valence-corrected chi connectivity index (χ3v) is 1.81. The van der Waals surface area contributed by atoms with Crippen molar-refractivity contribution >= 4 is 23.8 Å². The van der Waals surface area contributed by atoms with Crippen LogP contribution in [0.15, 0.2) is 9.59 Å². The Labute approximate surface area is 89.3 Å². The molecule has 0 fully saturated rings. The summed E-state index contributed by atoms with van der Waals surface area (Å²) >= 11 is 0. The van der Waals surface area contributed by atoms with E-state index < -0.39 is 17.2 Å². The highest BCUT2D eigenvalue weighted by atomic mass is 16.2. The van der Waals surface area contributed by atoms with Crippen molar-refractivity contribution < 1.29 is 9.59 Å². The van der Waals surface area contributed by atoms with Crippen LogP contribution in [-0.4, -0.2) is 21.9 Å². The first-order chi connectivity index (χ1) is 7.47. The number of anilines is 2. The second-order valence-electron chi connectivity index (χ2n) is 2.99. The van der Waals surface area contributed by atoms with Crippen molar-refractivity contribution in [1.82, 2.24) is 9.55 Å². The molecule has 0 spiro atoms. The van der Waals surface area contributed by atoms with Gasteiger partial charge in [-0.1, -0.05) is 0 Å². The molecule has 16 heavy (non-hydrogen) atoms. The number of nitrogens with one attached hydrogen (secondary N) is 3. The van der Waals surface area contributed by atoms with Crippen molar-refractivity contribution in [3.63, 3.8) is 0 Å². The van der Waals surface area contributed by atoms with E-state index in [-0.39, 0.29) is 17.9 Å². The lowest BCUT2D eigenvalue weighted by molar-refractivity contribution is -0.114. The zero-order chi connectivity index (χ0) is 12.3. The molecule has 2 amide bonds. The van der Waals surface area contributed by atoms with Gasteiger partial charge in [0, 0.05) is 14.0 Å². The number of carbonyl (C=O) groups excluding carboxylic acids is 2. The maximum Gasteiger partial charge on any atom is 0.329 e. The van der Waals surface area contributed by atoms with Gasteiger partial charge in [-0.3, -0.25) is 23.9 Å². The zero-order valence-corrected chi connectivity index (χ0v) is 8.66. The van der Waals surface area contributed by atoms with E-state index >= 15 is 0 Å². The van der Waals surface area contributed by atoms with Crippen molar-refractivity contribution in [3.8, 4) is 0 Å². The third-order valence-electron chi connectivity index (χ3n) is 1.81. The number of rotatable bonds is 3. The standard InChI is InChI=1S/C8H10N4O4/c1-4(14)10-5-6(9-3-13)11-8(16)12(2)7(5)15/h3H,1-2H3,(H,9,13)(H,10,14)(H,11,16). The molecule has 0 aliphatic rings. The van der Waals surface area contributed by atoms with Crippen LogP contribution in [0.2, 0.25) is 0 Å². The molecule has 0 saturated carbocycles. The molecule has 1 heterocycles. The van der Waals surface area contributed by atoms with Gasteiger partial charge in [0.1, 0.15) is 11.5 Å². The van der Waals surface area contributed by atoms with Crippen LogP contribution in [0.25, 0.3) is 0 Å². The average Bonchev–Trinajstić information content (AvgIpc) is 2.21. The summed E-state index contributed by atoms with van der Waals surface area (Å²) in [6.07, 6.45) is 0.288. The van der Waals surface area contributed by atoms with Gasteiger partial charge in [-0.15, -0.1) is 0 Å². The third kappa shape index (κ3) is 2.16. The number of amides is 2. The summed E-state index contributed by atoms with van der Waals surface area (Å²) < 4.78 is 0.779. The summed E-state index contributed by atoms with van der Waals surface area (Å²) in [4.78, 5) is 46.2. The van der Waals surface area contributed by atoms with Gasteiger partial charge in [-0.05, 0) is 0 Å². The fourth-order valence-electron chi connectivity index (χ4n) is 1.08. The quantitative estimate of drug-likeness (QED) is 0.550. The van der Waals surface area contributed by atoms with Gasteiger partial charge < -0.3 is 10.6 Å². The minimum absolute atomic E-state index is 0.140. The van der Waals surface area contributed by atoms with E-state index in [0.29, 0.717) is 0 Å². The molecule has 1 aromatic rings. The maximum absolute atomic E-state index is 11.6. The van der Waals surface area contributed by atoms with Crippen LogP contribution in [-0.2, 0) is 16.6 Å². The largest absolute Gasteiger partial charge is 0.329 e. The summed E-state index contributed by atoms with van der Waals surface area (Å²) in [6, 6.07) is 0. The van der Waals surface area contributed by atoms with Gasteiger partial charge in [-0.25, -0.2) is 4.79 Å². The lowest BCUT2D eigenvalue weighted by Gasteiger charge is -2.08. The normalized spacial score (nSPS) is 9.62. The van der Waals surface area contributed by atoms with Crippen molar-refractivity contribution in [2.45, 2.75) is 6.92 Å². The predicted octanol–water partition coefficient (Wildman–Crippen LogP) is -1.40. The van der Waals surface area contributed by atoms with Gasteiger partial charge in [0.2, 0.25) is 12.3 Å². The number of hydrogen-bond donors (Lipinski definition) is 3. The minimum Gasteiger partial charge on any atom is -0.319 e. The van der Waals surface area contributed by atoms with E-state index in [0.717, 1.165) is 4.57 Å². The summed E-state index contributed by atoms with van der Waals surface area (Å²) in [6.45, 7) is 1.20. The molecule has 0 aliphatic heterocycles. The molecule has 0 unspecified atom stereocenters. The van der Waals surface area contributed by atoms with Gasteiger partial charge in [0.05, 0.1) is 0 Å². The Hall–Kier alpha value is -2.38. The Balaban J connectivity index is 3.47. The molecule has 8 nitrogen and oxygen atoms in total. The highest BCUT2D eigenvalue weighted by Crippen LogP contribution is 2.09. The van der Waals surface area contributed by atoms with Crippen molar-refractivity contribution in [2.75, 3.05) is 10.6 Å². The monoisotopic (exact) mass is 226 g/mol. The summed E-state index contributed by atoms with van der Waals surface area (Å²) in [7, 11) is 1.25. The van der Waals surface area contributed by atoms with Crippen LogP contribution in [0.3, 0.4) is 0 Å². The van der Waals surface area contributed by atoms with Crippen molar-refractivity contribution in [3.05, 3.63) is 20.8 Å². The molecule has 0 saturated heterocycles. The molecular weight excluding hydrogens is 216 g/mol. The second-order valence-corrected chi connectivity index (χ2v) is 2.99. The number of aromatic nitrogens is 2. The average molecular weight is 226 g/mol. The minimum atomic E-state index is -0.705. The van der Waals surface area contributed by atoms with Crippen LogP contribution in [0.1, 0.15) is 6.92 Å². The zero-order valence-electron chi connectivity index (χ0n) is 8.66. The lowest BCUT2D eigenvalue weighted by Crippen LogP contribution is -2.36. The second kappa shape index (κ2) is 4.43. The first kappa shape index (κ1) is 11.7.